The van der Waals surface area contributed by atoms with Gasteiger partial charge in [0.15, 0.2) is 11.5 Å². The Balaban J connectivity index is 1.46. The minimum Gasteiger partial charge on any atom is -0.493 e. The van der Waals surface area contributed by atoms with Crippen LogP contribution in [0.4, 0.5) is 0 Å². The number of benzene rings is 1. The normalized spacial score (nSPS) is 15.7. The van der Waals surface area contributed by atoms with E-state index in [1.165, 1.54) is 18.4 Å². The van der Waals surface area contributed by atoms with Gasteiger partial charge in [0.1, 0.15) is 12.7 Å². The van der Waals surface area contributed by atoms with Gasteiger partial charge in [0.25, 0.3) is 0 Å². The number of hydrogen-bond donors (Lipinski definition) is 2. The lowest BCUT2D eigenvalue weighted by molar-refractivity contribution is 0.0746. The fourth-order valence-electron chi connectivity index (χ4n) is 3.51. The summed E-state index contributed by atoms with van der Waals surface area (Å²) in [5, 5.41) is 17.9. The molecule has 0 amide bonds. The van der Waals surface area contributed by atoms with Gasteiger partial charge in [-0.25, -0.2) is 0 Å². The van der Waals surface area contributed by atoms with Crippen LogP contribution >= 0.6 is 0 Å². The molecule has 1 aromatic carbocycles. The van der Waals surface area contributed by atoms with Crippen LogP contribution in [0.25, 0.3) is 0 Å². The van der Waals surface area contributed by atoms with Crippen molar-refractivity contribution >= 4 is 0 Å². The van der Waals surface area contributed by atoms with Gasteiger partial charge < -0.3 is 24.8 Å². The molecule has 28 heavy (non-hydrogen) atoms. The van der Waals surface area contributed by atoms with Crippen LogP contribution in [-0.4, -0.2) is 65.8 Å². The van der Waals surface area contributed by atoms with Gasteiger partial charge in [0, 0.05) is 26.3 Å². The maximum absolute atomic E-state index is 10.3. The van der Waals surface area contributed by atoms with E-state index < -0.39 is 6.10 Å². The molecule has 2 N–H and O–H groups in total. The Morgan fingerprint density at radius 1 is 1.21 bits per heavy atom. The van der Waals surface area contributed by atoms with E-state index in [9.17, 15) is 5.11 Å². The van der Waals surface area contributed by atoms with Crippen LogP contribution in [0.15, 0.2) is 30.6 Å². The first-order valence-electron chi connectivity index (χ1n) is 10.0. The highest BCUT2D eigenvalue weighted by atomic mass is 16.5. The molecule has 0 bridgehead atoms. The Labute approximate surface area is 167 Å². The fraction of sp³-hybridized carbons (Fsp3) is 0.571. The first kappa shape index (κ1) is 20.6. The number of aliphatic hydroxyl groups is 1. The van der Waals surface area contributed by atoms with Crippen molar-refractivity contribution in [2.75, 3.05) is 39.9 Å². The summed E-state index contributed by atoms with van der Waals surface area (Å²) in [5.41, 5.74) is 2.34. The molecule has 0 spiro atoms. The lowest BCUT2D eigenvalue weighted by Crippen LogP contribution is -2.33. The van der Waals surface area contributed by atoms with Gasteiger partial charge in [-0.2, -0.15) is 5.10 Å². The number of nitrogens with zero attached hydrogens (tertiary/aromatic N) is 3. The summed E-state index contributed by atoms with van der Waals surface area (Å²) in [6.07, 6.45) is 6.82. The van der Waals surface area contributed by atoms with E-state index in [1.807, 2.05) is 42.3 Å². The molecule has 1 aromatic heterocycles. The summed E-state index contributed by atoms with van der Waals surface area (Å²) in [6, 6.07) is 5.93. The van der Waals surface area contributed by atoms with Crippen molar-refractivity contribution in [2.45, 2.75) is 31.9 Å². The van der Waals surface area contributed by atoms with Crippen LogP contribution in [0.2, 0.25) is 0 Å². The van der Waals surface area contributed by atoms with Gasteiger partial charge in [-0.05, 0) is 62.2 Å². The third-order valence-corrected chi connectivity index (χ3v) is 5.00. The van der Waals surface area contributed by atoms with Crippen LogP contribution in [0.3, 0.4) is 0 Å². The van der Waals surface area contributed by atoms with Crippen molar-refractivity contribution in [1.82, 2.24) is 20.0 Å². The van der Waals surface area contributed by atoms with Crippen molar-refractivity contribution in [3.8, 4) is 11.5 Å². The maximum atomic E-state index is 10.3. The first-order valence-corrected chi connectivity index (χ1v) is 10.0. The molecule has 7 nitrogen and oxygen atoms in total. The molecule has 1 aliphatic heterocycles. The molecule has 2 aromatic rings. The molecule has 154 valence electrons. The van der Waals surface area contributed by atoms with Crippen molar-refractivity contribution in [1.29, 1.82) is 0 Å². The van der Waals surface area contributed by atoms with E-state index in [1.54, 1.807) is 7.11 Å². The Bertz CT molecular complexity index is 728. The van der Waals surface area contributed by atoms with E-state index in [0.717, 1.165) is 38.2 Å². The van der Waals surface area contributed by atoms with E-state index in [0.29, 0.717) is 18.0 Å². The first-order chi connectivity index (χ1) is 13.6. The average molecular weight is 389 g/mol. The van der Waals surface area contributed by atoms with E-state index in [2.05, 4.69) is 15.3 Å². The minimum atomic E-state index is -0.496. The lowest BCUT2D eigenvalue weighted by atomic mass is 10.2. The Morgan fingerprint density at radius 3 is 2.75 bits per heavy atom. The third-order valence-electron chi connectivity index (χ3n) is 5.00. The Kier molecular flexibility index (Phi) is 7.71. The Morgan fingerprint density at radius 2 is 2.04 bits per heavy atom. The quantitative estimate of drug-likeness (QED) is 0.570. The number of rotatable bonds is 11. The van der Waals surface area contributed by atoms with E-state index in [4.69, 9.17) is 9.47 Å². The number of nitrogens with one attached hydrogen (secondary N) is 1. The second kappa shape index (κ2) is 10.5. The predicted octanol–water partition coefficient (Wildman–Crippen LogP) is 1.60. The highest BCUT2D eigenvalue weighted by Crippen LogP contribution is 2.28. The van der Waals surface area contributed by atoms with E-state index in [-0.39, 0.29) is 6.61 Å². The number of hydrogen-bond acceptors (Lipinski definition) is 6. The summed E-state index contributed by atoms with van der Waals surface area (Å²) in [7, 11) is 3.56. The van der Waals surface area contributed by atoms with Gasteiger partial charge in [-0.3, -0.25) is 4.68 Å². The number of aromatic nitrogens is 2. The molecule has 1 atom stereocenters. The summed E-state index contributed by atoms with van der Waals surface area (Å²) in [5.74, 6) is 1.36. The zero-order valence-corrected chi connectivity index (χ0v) is 16.9. The highest BCUT2D eigenvalue weighted by molar-refractivity contribution is 5.43. The molecule has 2 heterocycles. The third kappa shape index (κ3) is 6.22. The number of β-amino-alcohol motifs (C(OH)–C–C–N with tert-alkyl or cyclic N) is 1. The van der Waals surface area contributed by atoms with Crippen molar-refractivity contribution < 1.29 is 14.6 Å². The van der Waals surface area contributed by atoms with Crippen molar-refractivity contribution in [3.63, 3.8) is 0 Å². The number of likely N-dealkylation sites (tertiary alicyclic amines) is 1. The summed E-state index contributed by atoms with van der Waals surface area (Å²) < 4.78 is 13.1. The van der Waals surface area contributed by atoms with Crippen molar-refractivity contribution in [3.05, 3.63) is 41.7 Å². The van der Waals surface area contributed by atoms with Gasteiger partial charge in [-0.15, -0.1) is 0 Å². The highest BCUT2D eigenvalue weighted by Gasteiger charge is 2.17. The SMILES string of the molecule is COc1ccc(CNCCc2cnn(C)c2)cc1OC[C@H](O)CN1CCCC1. The predicted molar refractivity (Wildman–Crippen MR) is 109 cm³/mol. The monoisotopic (exact) mass is 388 g/mol. The molecule has 1 saturated heterocycles. The zero-order valence-electron chi connectivity index (χ0n) is 16.9. The molecule has 7 heteroatoms. The molecule has 0 aliphatic carbocycles. The second-order valence-electron chi connectivity index (χ2n) is 7.41. The molecule has 3 rings (SSSR count). The number of methoxy groups -OCH3 is 1. The Hall–Kier alpha value is -2.09. The molecular formula is C21H32N4O3. The average Bonchev–Trinajstić information content (AvgIpc) is 3.35. The molecule has 0 unspecified atom stereocenters. The van der Waals surface area contributed by atoms with Gasteiger partial charge >= 0.3 is 0 Å². The van der Waals surface area contributed by atoms with Crippen LogP contribution in [0.1, 0.15) is 24.0 Å². The van der Waals surface area contributed by atoms with Crippen LogP contribution in [-0.2, 0) is 20.0 Å². The van der Waals surface area contributed by atoms with Crippen LogP contribution in [0, 0.1) is 0 Å². The standard InChI is InChI=1S/C21H32N4O3/c1-24-14-18(13-23-24)7-8-22-12-17-5-6-20(27-2)21(11-17)28-16-19(26)15-25-9-3-4-10-25/h5-6,11,13-14,19,22,26H,3-4,7-10,12,15-16H2,1-2H3/t19-/m1/s1. The fourth-order valence-corrected chi connectivity index (χ4v) is 3.51. The second-order valence-corrected chi connectivity index (χ2v) is 7.41. The minimum absolute atomic E-state index is 0.269. The van der Waals surface area contributed by atoms with Gasteiger partial charge in [-0.1, -0.05) is 6.07 Å². The van der Waals surface area contributed by atoms with Gasteiger partial charge in [0.05, 0.1) is 13.3 Å². The molecular weight excluding hydrogens is 356 g/mol. The van der Waals surface area contributed by atoms with Crippen LogP contribution < -0.4 is 14.8 Å². The maximum Gasteiger partial charge on any atom is 0.161 e. The molecule has 1 fully saturated rings. The summed E-state index contributed by atoms with van der Waals surface area (Å²) in [4.78, 5) is 2.29. The number of aryl methyl sites for hydroxylation is 1. The zero-order chi connectivity index (χ0) is 19.8. The largest absolute Gasteiger partial charge is 0.493 e. The van der Waals surface area contributed by atoms with E-state index >= 15 is 0 Å². The topological polar surface area (TPSA) is 71.8 Å². The number of aliphatic hydroxyl groups excluding tert-OH is 1. The molecule has 1 aliphatic rings. The smallest absolute Gasteiger partial charge is 0.161 e. The summed E-state index contributed by atoms with van der Waals surface area (Å²) >= 11 is 0. The van der Waals surface area contributed by atoms with Crippen molar-refractivity contribution in [2.24, 2.45) is 7.05 Å². The lowest BCUT2D eigenvalue weighted by Gasteiger charge is -2.20. The molecule has 0 saturated carbocycles. The van der Waals surface area contributed by atoms with Gasteiger partial charge in [0.2, 0.25) is 0 Å². The summed E-state index contributed by atoms with van der Waals surface area (Å²) in [6.45, 7) is 4.70. The molecule has 0 radical (unpaired) electrons. The number of ether oxygens (including phenoxy) is 2. The van der Waals surface area contributed by atoms with Crippen LogP contribution in [0.5, 0.6) is 11.5 Å².